The van der Waals surface area contributed by atoms with Crippen LogP contribution in [0.25, 0.3) is 0 Å². The Hall–Kier alpha value is -1.81. The summed E-state index contributed by atoms with van der Waals surface area (Å²) in [6.45, 7) is 5.18. The lowest BCUT2D eigenvalue weighted by molar-refractivity contribution is 0.0981. The standard InChI is InChI=1S/C19H22N2OS/c1-13(2)14-8-9-17-15(12-14)6-5-11-21(17)19(22)16-7-4-10-20-18(16)23-3/h4,7-10,12-13H,5-6,11H2,1-3H3. The normalized spacial score (nSPS) is 14.0. The fraction of sp³-hybridized carbons (Fsp3) is 0.368. The van der Waals surface area contributed by atoms with Crippen LogP contribution in [-0.4, -0.2) is 23.7 Å². The Morgan fingerprint density at radius 3 is 2.87 bits per heavy atom. The molecule has 0 bridgehead atoms. The fourth-order valence-electron chi connectivity index (χ4n) is 3.05. The summed E-state index contributed by atoms with van der Waals surface area (Å²) in [7, 11) is 0. The first-order valence-corrected chi connectivity index (χ1v) is 9.28. The largest absolute Gasteiger partial charge is 0.308 e. The van der Waals surface area contributed by atoms with Gasteiger partial charge in [-0.05, 0) is 54.3 Å². The zero-order valence-electron chi connectivity index (χ0n) is 13.9. The van der Waals surface area contributed by atoms with Crippen molar-refractivity contribution in [2.24, 2.45) is 0 Å². The van der Waals surface area contributed by atoms with Crippen molar-refractivity contribution in [2.45, 2.75) is 37.6 Å². The molecule has 0 fully saturated rings. The van der Waals surface area contributed by atoms with Crippen LogP contribution in [0, 0.1) is 0 Å². The number of carbonyl (C=O) groups is 1. The monoisotopic (exact) mass is 326 g/mol. The zero-order valence-corrected chi connectivity index (χ0v) is 14.7. The molecule has 120 valence electrons. The molecule has 0 radical (unpaired) electrons. The van der Waals surface area contributed by atoms with Crippen LogP contribution in [0.2, 0.25) is 0 Å². The molecule has 0 saturated carbocycles. The van der Waals surface area contributed by atoms with Crippen molar-refractivity contribution in [1.82, 2.24) is 4.98 Å². The Morgan fingerprint density at radius 2 is 2.13 bits per heavy atom. The number of hydrogen-bond acceptors (Lipinski definition) is 3. The van der Waals surface area contributed by atoms with E-state index < -0.39 is 0 Å². The van der Waals surface area contributed by atoms with Crippen molar-refractivity contribution in [3.63, 3.8) is 0 Å². The molecule has 0 unspecified atom stereocenters. The molecule has 0 aliphatic carbocycles. The maximum atomic E-state index is 13.0. The highest BCUT2D eigenvalue weighted by Gasteiger charge is 2.25. The Kier molecular flexibility index (Phi) is 4.71. The van der Waals surface area contributed by atoms with Gasteiger partial charge in [-0.3, -0.25) is 4.79 Å². The number of amides is 1. The second-order valence-electron chi connectivity index (χ2n) is 6.16. The summed E-state index contributed by atoms with van der Waals surface area (Å²) >= 11 is 1.52. The highest BCUT2D eigenvalue weighted by atomic mass is 32.2. The average Bonchev–Trinajstić information content (AvgIpc) is 2.60. The average molecular weight is 326 g/mol. The van der Waals surface area contributed by atoms with E-state index in [1.165, 1.54) is 22.9 Å². The van der Waals surface area contributed by atoms with Crippen LogP contribution in [-0.2, 0) is 6.42 Å². The number of benzene rings is 1. The minimum Gasteiger partial charge on any atom is -0.308 e. The fourth-order valence-corrected chi connectivity index (χ4v) is 3.59. The summed E-state index contributed by atoms with van der Waals surface area (Å²) in [6, 6.07) is 10.2. The maximum Gasteiger partial charge on any atom is 0.261 e. The maximum absolute atomic E-state index is 13.0. The second-order valence-corrected chi connectivity index (χ2v) is 6.96. The van der Waals surface area contributed by atoms with Crippen molar-refractivity contribution in [1.29, 1.82) is 0 Å². The van der Waals surface area contributed by atoms with Crippen molar-refractivity contribution >= 4 is 23.4 Å². The number of aromatic nitrogens is 1. The molecular formula is C19H22N2OS. The summed E-state index contributed by atoms with van der Waals surface area (Å²) in [5.74, 6) is 0.563. The number of aryl methyl sites for hydroxylation is 1. The van der Waals surface area contributed by atoms with Crippen LogP contribution in [0.15, 0.2) is 41.6 Å². The van der Waals surface area contributed by atoms with Crippen molar-refractivity contribution in [3.05, 3.63) is 53.2 Å². The van der Waals surface area contributed by atoms with Crippen LogP contribution in [0.4, 0.5) is 5.69 Å². The van der Waals surface area contributed by atoms with E-state index in [-0.39, 0.29) is 5.91 Å². The van der Waals surface area contributed by atoms with Gasteiger partial charge in [-0.2, -0.15) is 0 Å². The molecule has 1 amide bonds. The lowest BCUT2D eigenvalue weighted by Gasteiger charge is -2.30. The molecule has 4 heteroatoms. The summed E-state index contributed by atoms with van der Waals surface area (Å²) in [5.41, 5.74) is 4.37. The topological polar surface area (TPSA) is 33.2 Å². The number of anilines is 1. The number of hydrogen-bond donors (Lipinski definition) is 0. The van der Waals surface area contributed by atoms with Crippen LogP contribution in [0.1, 0.15) is 47.7 Å². The molecule has 2 aromatic rings. The lowest BCUT2D eigenvalue weighted by atomic mass is 9.94. The summed E-state index contributed by atoms with van der Waals surface area (Å²) in [4.78, 5) is 19.3. The number of nitrogens with zero attached hydrogens (tertiary/aromatic N) is 2. The molecular weight excluding hydrogens is 304 g/mol. The minimum absolute atomic E-state index is 0.0562. The van der Waals surface area contributed by atoms with Crippen molar-refractivity contribution in [2.75, 3.05) is 17.7 Å². The summed E-state index contributed by atoms with van der Waals surface area (Å²) in [5, 5.41) is 0.795. The minimum atomic E-state index is 0.0562. The summed E-state index contributed by atoms with van der Waals surface area (Å²) in [6.07, 6.45) is 5.75. The van der Waals surface area contributed by atoms with Gasteiger partial charge in [-0.1, -0.05) is 26.0 Å². The zero-order chi connectivity index (χ0) is 16.4. The predicted octanol–water partition coefficient (Wildman–Crippen LogP) is 4.52. The molecule has 0 spiro atoms. The van der Waals surface area contributed by atoms with E-state index >= 15 is 0 Å². The van der Waals surface area contributed by atoms with E-state index in [0.717, 1.165) is 30.1 Å². The van der Waals surface area contributed by atoms with Gasteiger partial charge in [0.25, 0.3) is 5.91 Å². The van der Waals surface area contributed by atoms with Gasteiger partial charge in [-0.25, -0.2) is 4.98 Å². The van der Waals surface area contributed by atoms with E-state index in [2.05, 4.69) is 37.0 Å². The molecule has 1 aliphatic heterocycles. The molecule has 0 saturated heterocycles. The third kappa shape index (κ3) is 3.13. The first kappa shape index (κ1) is 16.1. The number of fused-ring (bicyclic) bond motifs is 1. The SMILES string of the molecule is CSc1ncccc1C(=O)N1CCCc2cc(C(C)C)ccc21. The molecule has 1 aromatic carbocycles. The van der Waals surface area contributed by atoms with Crippen LogP contribution >= 0.6 is 11.8 Å². The van der Waals surface area contributed by atoms with Gasteiger partial charge in [0.05, 0.1) is 5.56 Å². The lowest BCUT2D eigenvalue weighted by Crippen LogP contribution is -2.36. The molecule has 0 atom stereocenters. The molecule has 23 heavy (non-hydrogen) atoms. The van der Waals surface area contributed by atoms with E-state index in [1.54, 1.807) is 6.20 Å². The second kappa shape index (κ2) is 6.75. The Balaban J connectivity index is 1.98. The molecule has 1 aliphatic rings. The summed E-state index contributed by atoms with van der Waals surface area (Å²) < 4.78 is 0. The first-order valence-electron chi connectivity index (χ1n) is 8.05. The number of rotatable bonds is 3. The molecule has 3 nitrogen and oxygen atoms in total. The van der Waals surface area contributed by atoms with E-state index in [1.807, 2.05) is 23.3 Å². The van der Waals surface area contributed by atoms with Crippen LogP contribution in [0.3, 0.4) is 0 Å². The molecule has 3 rings (SSSR count). The Bertz CT molecular complexity index is 727. The van der Waals surface area contributed by atoms with Gasteiger partial charge in [0.2, 0.25) is 0 Å². The smallest absolute Gasteiger partial charge is 0.261 e. The van der Waals surface area contributed by atoms with Gasteiger partial charge in [0.15, 0.2) is 0 Å². The number of thioether (sulfide) groups is 1. The quantitative estimate of drug-likeness (QED) is 0.778. The van der Waals surface area contributed by atoms with Gasteiger partial charge < -0.3 is 4.90 Å². The highest BCUT2D eigenvalue weighted by molar-refractivity contribution is 7.98. The van der Waals surface area contributed by atoms with E-state index in [4.69, 9.17) is 0 Å². The number of pyridine rings is 1. The van der Waals surface area contributed by atoms with Crippen molar-refractivity contribution in [3.8, 4) is 0 Å². The highest BCUT2D eigenvalue weighted by Crippen LogP contribution is 2.32. The first-order chi connectivity index (χ1) is 11.1. The third-order valence-corrected chi connectivity index (χ3v) is 5.04. The Morgan fingerprint density at radius 1 is 1.30 bits per heavy atom. The van der Waals surface area contributed by atoms with Crippen LogP contribution < -0.4 is 4.90 Å². The van der Waals surface area contributed by atoms with Crippen molar-refractivity contribution < 1.29 is 4.79 Å². The van der Waals surface area contributed by atoms with E-state index in [0.29, 0.717) is 11.5 Å². The third-order valence-electron chi connectivity index (χ3n) is 4.33. The molecule has 0 N–H and O–H groups in total. The van der Waals surface area contributed by atoms with Gasteiger partial charge in [-0.15, -0.1) is 11.8 Å². The molecule has 2 heterocycles. The molecule has 1 aromatic heterocycles. The van der Waals surface area contributed by atoms with E-state index in [9.17, 15) is 4.79 Å². The van der Waals surface area contributed by atoms with Gasteiger partial charge in [0, 0.05) is 18.4 Å². The van der Waals surface area contributed by atoms with Crippen LogP contribution in [0.5, 0.6) is 0 Å². The predicted molar refractivity (Wildman–Crippen MR) is 96.5 cm³/mol. The van der Waals surface area contributed by atoms with Gasteiger partial charge in [0.1, 0.15) is 5.03 Å². The van der Waals surface area contributed by atoms with Gasteiger partial charge >= 0.3 is 0 Å². The number of carbonyl (C=O) groups excluding carboxylic acids is 1. The Labute approximate surface area is 142 Å².